The van der Waals surface area contributed by atoms with E-state index in [4.69, 9.17) is 9.47 Å². The Bertz CT molecular complexity index is 2460. The van der Waals surface area contributed by atoms with Crippen LogP contribution in [0.4, 0.5) is 10.5 Å². The van der Waals surface area contributed by atoms with Gasteiger partial charge >= 0.3 is 6.03 Å². The van der Waals surface area contributed by atoms with E-state index in [-0.39, 0.29) is 98.7 Å². The Balaban J connectivity index is 0.860. The van der Waals surface area contributed by atoms with Crippen molar-refractivity contribution in [2.45, 2.75) is 37.9 Å². The van der Waals surface area contributed by atoms with E-state index in [0.717, 1.165) is 32.4 Å². The Kier molecular flexibility index (Phi) is 11.0. The lowest BCUT2D eigenvalue weighted by molar-refractivity contribution is -0.136. The summed E-state index contributed by atoms with van der Waals surface area (Å²) in [5.41, 5.74) is 3.38. The zero-order valence-corrected chi connectivity index (χ0v) is 32.6. The fourth-order valence-corrected chi connectivity index (χ4v) is 8.09. The van der Waals surface area contributed by atoms with Gasteiger partial charge in [0.25, 0.3) is 11.8 Å². The SMILES string of the molecule is C=CC(=O)N1CC(N2Cc3ccc(-c4cc(O)cc5ccccc45)cc3N(CCOCCC(=O)NCCOc3cccc4c3C(=O)N(C3CCC(=O)NC3=O)C4=O)C2=O)C1. The minimum atomic E-state index is -1.10. The van der Waals surface area contributed by atoms with E-state index in [9.17, 15) is 38.7 Å². The third kappa shape index (κ3) is 7.64. The van der Waals surface area contributed by atoms with Gasteiger partial charge in [0, 0.05) is 32.5 Å². The van der Waals surface area contributed by atoms with Crippen LogP contribution in [0.2, 0.25) is 0 Å². The summed E-state index contributed by atoms with van der Waals surface area (Å²) in [6.07, 6.45) is 1.32. The number of urea groups is 1. The second-order valence-corrected chi connectivity index (χ2v) is 14.9. The fraction of sp³-hybridized carbons (Fsp3) is 0.295. The van der Waals surface area contributed by atoms with E-state index >= 15 is 0 Å². The summed E-state index contributed by atoms with van der Waals surface area (Å²) in [6, 6.07) is 20.1. The lowest BCUT2D eigenvalue weighted by Crippen LogP contribution is -2.64. The van der Waals surface area contributed by atoms with Crippen LogP contribution in [-0.2, 0) is 30.5 Å². The predicted octanol–water partition coefficient (Wildman–Crippen LogP) is 3.35. The Morgan fingerprint density at radius 1 is 0.917 bits per heavy atom. The molecule has 0 saturated carbocycles. The second kappa shape index (κ2) is 16.7. The van der Waals surface area contributed by atoms with Gasteiger partial charge in [-0.15, -0.1) is 0 Å². The number of phenolic OH excluding ortho intramolecular Hbond substituents is 1. The number of carbonyl (C=O) groups excluding carboxylic acids is 7. The van der Waals surface area contributed by atoms with Crippen LogP contribution in [0.5, 0.6) is 11.5 Å². The van der Waals surface area contributed by atoms with E-state index in [0.29, 0.717) is 25.3 Å². The maximum absolute atomic E-state index is 14.1. The number of benzene rings is 4. The summed E-state index contributed by atoms with van der Waals surface area (Å²) in [5, 5.41) is 17.3. The Morgan fingerprint density at radius 3 is 2.53 bits per heavy atom. The molecule has 0 bridgehead atoms. The van der Waals surface area contributed by atoms with Crippen molar-refractivity contribution < 1.29 is 48.1 Å². The second-order valence-electron chi connectivity index (χ2n) is 14.9. The predicted molar refractivity (Wildman–Crippen MR) is 217 cm³/mol. The minimum absolute atomic E-state index is 0.00573. The monoisotopic (exact) mass is 814 g/mol. The summed E-state index contributed by atoms with van der Waals surface area (Å²) in [5.74, 6) is -2.75. The number of nitrogens with one attached hydrogen (secondary N) is 2. The Morgan fingerprint density at radius 2 is 1.73 bits per heavy atom. The van der Waals surface area contributed by atoms with Crippen LogP contribution >= 0.6 is 0 Å². The Hall–Kier alpha value is -7.07. The number of phenols is 1. The summed E-state index contributed by atoms with van der Waals surface area (Å²) in [6.45, 7) is 5.18. The summed E-state index contributed by atoms with van der Waals surface area (Å²) in [4.78, 5) is 95.3. The quantitative estimate of drug-likeness (QED) is 0.0966. The molecule has 4 heterocycles. The molecular weight excluding hydrogens is 773 g/mol. The molecule has 308 valence electrons. The van der Waals surface area contributed by atoms with Gasteiger partial charge < -0.3 is 29.7 Å². The van der Waals surface area contributed by atoms with Gasteiger partial charge in [0.15, 0.2) is 0 Å². The molecule has 16 heteroatoms. The molecule has 3 N–H and O–H groups in total. The molecule has 8 rings (SSSR count). The van der Waals surface area contributed by atoms with Crippen molar-refractivity contribution in [2.75, 3.05) is 50.9 Å². The molecule has 2 fully saturated rings. The number of carbonyl (C=O) groups is 7. The highest BCUT2D eigenvalue weighted by Gasteiger charge is 2.46. The molecule has 60 heavy (non-hydrogen) atoms. The number of hydrogen-bond donors (Lipinski definition) is 3. The van der Waals surface area contributed by atoms with E-state index in [2.05, 4.69) is 17.2 Å². The number of nitrogens with zero attached hydrogens (tertiary/aromatic N) is 4. The normalized spacial score (nSPS) is 17.7. The van der Waals surface area contributed by atoms with Crippen LogP contribution in [0.1, 0.15) is 45.5 Å². The van der Waals surface area contributed by atoms with Crippen LogP contribution in [0.25, 0.3) is 21.9 Å². The van der Waals surface area contributed by atoms with Crippen molar-refractivity contribution in [1.82, 2.24) is 25.3 Å². The molecule has 4 aromatic rings. The molecule has 1 unspecified atom stereocenters. The highest BCUT2D eigenvalue weighted by molar-refractivity contribution is 6.24. The number of ether oxygens (including phenoxy) is 2. The van der Waals surface area contributed by atoms with Crippen LogP contribution < -0.4 is 20.3 Å². The molecule has 2 saturated heterocycles. The van der Waals surface area contributed by atoms with Crippen molar-refractivity contribution in [3.63, 3.8) is 0 Å². The highest BCUT2D eigenvalue weighted by atomic mass is 16.5. The largest absolute Gasteiger partial charge is 0.508 e. The average Bonchev–Trinajstić information content (AvgIpc) is 3.48. The third-order valence-electron chi connectivity index (χ3n) is 11.2. The standard InChI is InChI=1S/C44H42N6O10/c1-2-39(54)47-24-29(25-47)49-23-28-11-10-27(33-22-30(51)20-26-6-3-4-7-31(26)33)21-35(28)48(44(49)58)16-19-59-17-14-37(52)45-15-18-60-36-9-5-8-32-40(36)43(57)50(42(32)56)34-12-13-38(53)46-41(34)55/h2-11,20-22,29,34,51H,1,12-19,23-25H2,(H,45,52)(H,46,53,55). The first kappa shape index (κ1) is 39.7. The first-order valence-corrected chi connectivity index (χ1v) is 19.7. The first-order chi connectivity index (χ1) is 29.0. The van der Waals surface area contributed by atoms with E-state index < -0.39 is 29.7 Å². The number of rotatable bonds is 14. The van der Waals surface area contributed by atoms with Gasteiger partial charge in [-0.25, -0.2) is 4.79 Å². The first-order valence-electron chi connectivity index (χ1n) is 19.7. The summed E-state index contributed by atoms with van der Waals surface area (Å²) < 4.78 is 11.6. The number of fused-ring (bicyclic) bond motifs is 3. The molecule has 8 amide bonds. The van der Waals surface area contributed by atoms with Crippen molar-refractivity contribution in [2.24, 2.45) is 0 Å². The number of anilines is 1. The van der Waals surface area contributed by atoms with Gasteiger partial charge in [-0.2, -0.15) is 0 Å². The third-order valence-corrected chi connectivity index (χ3v) is 11.2. The summed E-state index contributed by atoms with van der Waals surface area (Å²) in [7, 11) is 0. The topological polar surface area (TPSA) is 195 Å². The molecule has 1 atom stereocenters. The molecule has 0 spiro atoms. The van der Waals surface area contributed by atoms with Gasteiger partial charge in [-0.05, 0) is 70.3 Å². The van der Waals surface area contributed by atoms with Crippen LogP contribution in [0, 0.1) is 0 Å². The van der Waals surface area contributed by atoms with Gasteiger partial charge in [0.05, 0.1) is 49.2 Å². The molecule has 4 aromatic carbocycles. The van der Waals surface area contributed by atoms with Gasteiger partial charge in [0.2, 0.25) is 23.6 Å². The fourth-order valence-electron chi connectivity index (χ4n) is 8.09. The minimum Gasteiger partial charge on any atom is -0.508 e. The number of hydrogen-bond acceptors (Lipinski definition) is 10. The molecule has 4 aliphatic heterocycles. The smallest absolute Gasteiger partial charge is 0.325 e. The van der Waals surface area contributed by atoms with Gasteiger partial charge in [0.1, 0.15) is 24.1 Å². The molecular formula is C44H42N6O10. The zero-order chi connectivity index (χ0) is 42.1. The van der Waals surface area contributed by atoms with Crippen molar-refractivity contribution in [3.8, 4) is 22.6 Å². The average molecular weight is 815 g/mol. The van der Waals surface area contributed by atoms with Crippen molar-refractivity contribution in [3.05, 3.63) is 102 Å². The molecule has 0 aromatic heterocycles. The van der Waals surface area contributed by atoms with Crippen molar-refractivity contribution >= 4 is 57.9 Å². The van der Waals surface area contributed by atoms with Crippen LogP contribution in [0.15, 0.2) is 85.5 Å². The van der Waals surface area contributed by atoms with Crippen LogP contribution in [-0.4, -0.2) is 119 Å². The van der Waals surface area contributed by atoms with Crippen molar-refractivity contribution in [1.29, 1.82) is 0 Å². The molecule has 0 aliphatic carbocycles. The van der Waals surface area contributed by atoms with E-state index in [1.807, 2.05) is 42.5 Å². The lowest BCUT2D eigenvalue weighted by atomic mass is 9.95. The zero-order valence-electron chi connectivity index (χ0n) is 32.6. The van der Waals surface area contributed by atoms with E-state index in [1.54, 1.807) is 32.9 Å². The molecule has 0 radical (unpaired) electrons. The van der Waals surface area contributed by atoms with Gasteiger partial charge in [-0.3, -0.25) is 43.9 Å². The van der Waals surface area contributed by atoms with Crippen LogP contribution in [0.3, 0.4) is 0 Å². The number of imide groups is 2. The van der Waals surface area contributed by atoms with Gasteiger partial charge in [-0.1, -0.05) is 49.0 Å². The Labute approximate surface area is 344 Å². The highest BCUT2D eigenvalue weighted by Crippen LogP contribution is 2.39. The molecule has 16 nitrogen and oxygen atoms in total. The number of piperidine rings is 1. The number of aromatic hydroxyl groups is 1. The number of likely N-dealkylation sites (tertiary alicyclic amines) is 1. The van der Waals surface area contributed by atoms with E-state index in [1.165, 1.54) is 18.2 Å². The molecule has 4 aliphatic rings. The summed E-state index contributed by atoms with van der Waals surface area (Å²) >= 11 is 0. The number of amides is 8. The maximum Gasteiger partial charge on any atom is 0.325 e. The maximum atomic E-state index is 14.1. The lowest BCUT2D eigenvalue weighted by Gasteiger charge is -2.48.